The molecule has 2 nitrogen and oxygen atoms in total. The van der Waals surface area contributed by atoms with Gasteiger partial charge < -0.3 is 5.73 Å². The van der Waals surface area contributed by atoms with Crippen molar-refractivity contribution in [3.05, 3.63) is 59.8 Å². The number of aromatic nitrogens is 1. The predicted octanol–water partition coefficient (Wildman–Crippen LogP) is 3.23. The van der Waals surface area contributed by atoms with Crippen molar-refractivity contribution < 1.29 is 0 Å². The van der Waals surface area contributed by atoms with Crippen LogP contribution in [0.15, 0.2) is 48.7 Å². The largest absolute Gasteiger partial charge is 0.383 e. The maximum absolute atomic E-state index is 5.80. The van der Waals surface area contributed by atoms with Gasteiger partial charge >= 0.3 is 0 Å². The van der Waals surface area contributed by atoms with E-state index in [-0.39, 0.29) is 0 Å². The quantitative estimate of drug-likeness (QED) is 0.795. The Morgan fingerprint density at radius 2 is 1.65 bits per heavy atom. The molecule has 17 heavy (non-hydrogen) atoms. The Labute approximate surface area is 103 Å². The lowest BCUT2D eigenvalue weighted by Gasteiger charge is -2.04. The van der Waals surface area contributed by atoms with Gasteiger partial charge in [0.1, 0.15) is 5.82 Å². The van der Waals surface area contributed by atoms with Gasteiger partial charge in [0.15, 0.2) is 0 Å². The topological polar surface area (TPSA) is 38.9 Å². The SMILES string of the molecule is Nc1ncccc1CCCCc1ccccc1. The molecule has 0 saturated carbocycles. The zero-order valence-corrected chi connectivity index (χ0v) is 9.97. The maximum Gasteiger partial charge on any atom is 0.126 e. The van der Waals surface area contributed by atoms with E-state index in [0.29, 0.717) is 5.82 Å². The van der Waals surface area contributed by atoms with Crippen LogP contribution in [0.2, 0.25) is 0 Å². The van der Waals surface area contributed by atoms with Crippen molar-refractivity contribution in [1.82, 2.24) is 4.98 Å². The van der Waals surface area contributed by atoms with Crippen LogP contribution < -0.4 is 5.73 Å². The third-order valence-corrected chi connectivity index (χ3v) is 2.93. The van der Waals surface area contributed by atoms with Crippen molar-refractivity contribution in [1.29, 1.82) is 0 Å². The lowest BCUT2D eigenvalue weighted by atomic mass is 10.0. The predicted molar refractivity (Wildman–Crippen MR) is 71.7 cm³/mol. The van der Waals surface area contributed by atoms with Crippen LogP contribution in [-0.4, -0.2) is 4.98 Å². The van der Waals surface area contributed by atoms with E-state index in [0.717, 1.165) is 19.3 Å². The molecule has 1 aromatic heterocycles. The van der Waals surface area contributed by atoms with Gasteiger partial charge in [0, 0.05) is 6.20 Å². The Balaban J connectivity index is 1.76. The summed E-state index contributed by atoms with van der Waals surface area (Å²) >= 11 is 0. The first-order chi connectivity index (χ1) is 8.36. The van der Waals surface area contributed by atoms with Crippen LogP contribution in [0.5, 0.6) is 0 Å². The van der Waals surface area contributed by atoms with Crippen molar-refractivity contribution in [2.75, 3.05) is 5.73 Å². The van der Waals surface area contributed by atoms with Gasteiger partial charge in [-0.2, -0.15) is 0 Å². The maximum atomic E-state index is 5.80. The first-order valence-corrected chi connectivity index (χ1v) is 6.09. The minimum Gasteiger partial charge on any atom is -0.383 e. The zero-order chi connectivity index (χ0) is 11.9. The monoisotopic (exact) mass is 226 g/mol. The number of aryl methyl sites for hydroxylation is 2. The van der Waals surface area contributed by atoms with Crippen molar-refractivity contribution >= 4 is 5.82 Å². The average Bonchev–Trinajstić information content (AvgIpc) is 2.38. The van der Waals surface area contributed by atoms with Crippen LogP contribution in [0.25, 0.3) is 0 Å². The highest BCUT2D eigenvalue weighted by atomic mass is 14.8. The summed E-state index contributed by atoms with van der Waals surface area (Å²) in [7, 11) is 0. The minimum absolute atomic E-state index is 0.673. The van der Waals surface area contributed by atoms with E-state index in [1.54, 1.807) is 6.20 Å². The van der Waals surface area contributed by atoms with Gasteiger partial charge in [-0.25, -0.2) is 4.98 Å². The Hall–Kier alpha value is -1.83. The van der Waals surface area contributed by atoms with Crippen molar-refractivity contribution in [2.24, 2.45) is 0 Å². The zero-order valence-electron chi connectivity index (χ0n) is 9.97. The van der Waals surface area contributed by atoms with E-state index in [9.17, 15) is 0 Å². The van der Waals surface area contributed by atoms with Gasteiger partial charge in [-0.1, -0.05) is 36.4 Å². The number of rotatable bonds is 5. The lowest BCUT2D eigenvalue weighted by molar-refractivity contribution is 0.734. The summed E-state index contributed by atoms with van der Waals surface area (Å²) in [6.07, 6.45) is 6.25. The van der Waals surface area contributed by atoms with Gasteiger partial charge in [0.2, 0.25) is 0 Å². The first-order valence-electron chi connectivity index (χ1n) is 6.09. The Bertz CT molecular complexity index is 451. The fourth-order valence-corrected chi connectivity index (χ4v) is 1.95. The fraction of sp³-hybridized carbons (Fsp3) is 0.267. The fourth-order valence-electron chi connectivity index (χ4n) is 1.95. The van der Waals surface area contributed by atoms with E-state index < -0.39 is 0 Å². The summed E-state index contributed by atoms with van der Waals surface area (Å²) < 4.78 is 0. The number of unbranched alkanes of at least 4 members (excludes halogenated alkanes) is 1. The third-order valence-electron chi connectivity index (χ3n) is 2.93. The number of pyridine rings is 1. The van der Waals surface area contributed by atoms with Crippen LogP contribution in [-0.2, 0) is 12.8 Å². The molecule has 1 heterocycles. The van der Waals surface area contributed by atoms with Gasteiger partial charge in [-0.3, -0.25) is 0 Å². The second-order valence-electron chi connectivity index (χ2n) is 4.24. The molecule has 0 amide bonds. The molecule has 0 bridgehead atoms. The second kappa shape index (κ2) is 6.04. The molecule has 2 rings (SSSR count). The summed E-state index contributed by atoms with van der Waals surface area (Å²) in [5.41, 5.74) is 8.38. The number of hydrogen-bond acceptors (Lipinski definition) is 2. The highest BCUT2D eigenvalue weighted by molar-refractivity contribution is 5.38. The third kappa shape index (κ3) is 3.59. The van der Waals surface area contributed by atoms with Crippen molar-refractivity contribution in [3.63, 3.8) is 0 Å². The lowest BCUT2D eigenvalue weighted by Crippen LogP contribution is -1.97. The highest BCUT2D eigenvalue weighted by Gasteiger charge is 1.99. The molecule has 2 N–H and O–H groups in total. The van der Waals surface area contributed by atoms with E-state index in [1.165, 1.54) is 17.5 Å². The van der Waals surface area contributed by atoms with Crippen LogP contribution in [0.4, 0.5) is 5.82 Å². The summed E-state index contributed by atoms with van der Waals surface area (Å²) in [6.45, 7) is 0. The molecule has 0 spiro atoms. The molecule has 2 heteroatoms. The number of nitrogens with zero attached hydrogens (tertiary/aromatic N) is 1. The van der Waals surface area contributed by atoms with E-state index in [1.807, 2.05) is 6.07 Å². The molecule has 1 aromatic carbocycles. The Morgan fingerprint density at radius 1 is 0.882 bits per heavy atom. The molecule has 0 saturated heterocycles. The number of nitrogen functional groups attached to an aromatic ring is 1. The molecule has 0 radical (unpaired) electrons. The molecule has 2 aromatic rings. The highest BCUT2D eigenvalue weighted by Crippen LogP contribution is 2.12. The number of hydrogen-bond donors (Lipinski definition) is 1. The smallest absolute Gasteiger partial charge is 0.126 e. The van der Waals surface area contributed by atoms with Gasteiger partial charge in [0.25, 0.3) is 0 Å². The standard InChI is InChI=1S/C15H18N2/c16-15-14(11-6-12-17-15)10-5-4-9-13-7-2-1-3-8-13/h1-3,6-8,11-12H,4-5,9-10H2,(H2,16,17). The average molecular weight is 226 g/mol. The van der Waals surface area contributed by atoms with E-state index >= 15 is 0 Å². The molecule has 0 aliphatic carbocycles. The summed E-state index contributed by atoms with van der Waals surface area (Å²) in [4.78, 5) is 4.09. The molecular weight excluding hydrogens is 208 g/mol. The summed E-state index contributed by atoms with van der Waals surface area (Å²) in [5, 5.41) is 0. The summed E-state index contributed by atoms with van der Waals surface area (Å²) in [6, 6.07) is 14.6. The van der Waals surface area contributed by atoms with Crippen LogP contribution in [0.3, 0.4) is 0 Å². The number of benzene rings is 1. The van der Waals surface area contributed by atoms with Crippen LogP contribution in [0.1, 0.15) is 24.0 Å². The molecular formula is C15H18N2. The Morgan fingerprint density at radius 3 is 2.41 bits per heavy atom. The molecule has 0 aliphatic rings. The van der Waals surface area contributed by atoms with E-state index in [4.69, 9.17) is 5.73 Å². The molecule has 0 atom stereocenters. The first kappa shape index (κ1) is 11.6. The summed E-state index contributed by atoms with van der Waals surface area (Å²) in [5.74, 6) is 0.673. The van der Waals surface area contributed by atoms with Gasteiger partial charge in [-0.15, -0.1) is 0 Å². The molecule has 0 unspecified atom stereocenters. The van der Waals surface area contributed by atoms with Crippen molar-refractivity contribution in [2.45, 2.75) is 25.7 Å². The van der Waals surface area contributed by atoms with Crippen LogP contribution in [0, 0.1) is 0 Å². The number of anilines is 1. The Kier molecular flexibility index (Phi) is 4.14. The minimum atomic E-state index is 0.673. The molecule has 0 fully saturated rings. The number of nitrogens with two attached hydrogens (primary N) is 1. The van der Waals surface area contributed by atoms with Crippen molar-refractivity contribution in [3.8, 4) is 0 Å². The normalized spacial score (nSPS) is 10.4. The van der Waals surface area contributed by atoms with E-state index in [2.05, 4.69) is 41.4 Å². The van der Waals surface area contributed by atoms with Crippen LogP contribution >= 0.6 is 0 Å². The van der Waals surface area contributed by atoms with Gasteiger partial charge in [0.05, 0.1) is 0 Å². The second-order valence-corrected chi connectivity index (χ2v) is 4.24. The molecule has 88 valence electrons. The van der Waals surface area contributed by atoms with Gasteiger partial charge in [-0.05, 0) is 42.9 Å². The molecule has 0 aliphatic heterocycles.